The van der Waals surface area contributed by atoms with Crippen molar-refractivity contribution in [3.8, 4) is 0 Å². The molecule has 3 N–H and O–H groups in total. The molecule has 4 atom stereocenters. The van der Waals surface area contributed by atoms with Crippen molar-refractivity contribution >= 4 is 46.4 Å². The standard InChI is InChI=1S/C16H18ClN5O7/c1-6(23)16(26)11(28-8(3)25)9(4-27-7(2)24)29-14(16)22-5-19-10-12(17)20-15(18)21-13(10)22/h5,9,11,14,26H,4H2,1-3H3,(H2,18,20,21)/t9-,11-,14-,16-/m1/s1. The van der Waals surface area contributed by atoms with Crippen LogP contribution in [-0.2, 0) is 28.6 Å². The second-order valence-corrected chi connectivity index (χ2v) is 6.80. The van der Waals surface area contributed by atoms with Crippen LogP contribution >= 0.6 is 11.6 Å². The quantitative estimate of drug-likeness (QED) is 0.477. The van der Waals surface area contributed by atoms with Gasteiger partial charge in [-0.2, -0.15) is 9.97 Å². The highest BCUT2D eigenvalue weighted by Gasteiger charge is 2.62. The van der Waals surface area contributed by atoms with Crippen LogP contribution in [0, 0.1) is 0 Å². The molecule has 1 fully saturated rings. The number of Topliss-reactive ketones (excluding diaryl/α,β-unsaturated/α-hetero) is 1. The van der Waals surface area contributed by atoms with Gasteiger partial charge >= 0.3 is 11.9 Å². The number of ketones is 1. The van der Waals surface area contributed by atoms with Crippen LogP contribution in [0.1, 0.15) is 27.0 Å². The van der Waals surface area contributed by atoms with Crippen molar-refractivity contribution in [1.82, 2.24) is 19.5 Å². The third-order valence-electron chi connectivity index (χ3n) is 4.41. The van der Waals surface area contributed by atoms with Crippen molar-refractivity contribution in [2.24, 2.45) is 0 Å². The molecule has 0 radical (unpaired) electrons. The van der Waals surface area contributed by atoms with E-state index in [1.807, 2.05) is 0 Å². The summed E-state index contributed by atoms with van der Waals surface area (Å²) in [6.07, 6.45) is -2.81. The first-order valence-electron chi connectivity index (χ1n) is 8.40. The van der Waals surface area contributed by atoms with Gasteiger partial charge in [-0.3, -0.25) is 19.0 Å². The summed E-state index contributed by atoms with van der Waals surface area (Å²) >= 11 is 6.02. The van der Waals surface area contributed by atoms with Crippen LogP contribution in [-0.4, -0.2) is 66.8 Å². The van der Waals surface area contributed by atoms with E-state index < -0.39 is 41.8 Å². The van der Waals surface area contributed by atoms with Crippen LogP contribution in [0.25, 0.3) is 11.2 Å². The highest BCUT2D eigenvalue weighted by Crippen LogP contribution is 2.42. The van der Waals surface area contributed by atoms with Crippen LogP contribution in [0.15, 0.2) is 6.33 Å². The molecule has 12 nitrogen and oxygen atoms in total. The largest absolute Gasteiger partial charge is 0.463 e. The molecule has 29 heavy (non-hydrogen) atoms. The molecule has 3 rings (SSSR count). The summed E-state index contributed by atoms with van der Waals surface area (Å²) in [4.78, 5) is 47.2. The molecule has 156 valence electrons. The van der Waals surface area contributed by atoms with E-state index in [2.05, 4.69) is 15.0 Å². The minimum absolute atomic E-state index is 0.0383. The third-order valence-corrected chi connectivity index (χ3v) is 4.67. The maximum Gasteiger partial charge on any atom is 0.303 e. The van der Waals surface area contributed by atoms with E-state index in [-0.39, 0.29) is 28.9 Å². The first-order valence-corrected chi connectivity index (χ1v) is 8.78. The molecule has 0 unspecified atom stereocenters. The van der Waals surface area contributed by atoms with E-state index in [9.17, 15) is 19.5 Å². The molecule has 0 bridgehead atoms. The number of halogens is 1. The summed E-state index contributed by atoms with van der Waals surface area (Å²) < 4.78 is 17.1. The number of aliphatic hydroxyl groups is 1. The Bertz CT molecular complexity index is 995. The van der Waals surface area contributed by atoms with Gasteiger partial charge in [0, 0.05) is 13.8 Å². The lowest BCUT2D eigenvalue weighted by atomic mass is 9.89. The fourth-order valence-corrected chi connectivity index (χ4v) is 3.38. The van der Waals surface area contributed by atoms with Crippen LogP contribution in [0.4, 0.5) is 5.95 Å². The molecule has 0 aliphatic carbocycles. The Morgan fingerprint density at radius 1 is 1.31 bits per heavy atom. The number of carbonyl (C=O) groups is 3. The van der Waals surface area contributed by atoms with Gasteiger partial charge in [-0.25, -0.2) is 4.98 Å². The predicted molar refractivity (Wildman–Crippen MR) is 96.5 cm³/mol. The maximum absolute atomic E-state index is 12.5. The van der Waals surface area contributed by atoms with Crippen molar-refractivity contribution in [2.75, 3.05) is 12.3 Å². The van der Waals surface area contributed by atoms with Crippen LogP contribution in [0.2, 0.25) is 5.15 Å². The second-order valence-electron chi connectivity index (χ2n) is 6.44. The molecule has 0 saturated carbocycles. The topological polar surface area (TPSA) is 169 Å². The summed E-state index contributed by atoms with van der Waals surface area (Å²) in [6.45, 7) is 3.02. The molecule has 13 heteroatoms. The average molecular weight is 428 g/mol. The number of esters is 2. The Balaban J connectivity index is 2.13. The lowest BCUT2D eigenvalue weighted by molar-refractivity contribution is -0.170. The molecule has 1 aliphatic rings. The average Bonchev–Trinajstić information content (AvgIpc) is 3.13. The lowest BCUT2D eigenvalue weighted by Gasteiger charge is -2.31. The number of anilines is 1. The molecule has 2 aromatic rings. The zero-order valence-electron chi connectivity index (χ0n) is 15.7. The van der Waals surface area contributed by atoms with Crippen molar-refractivity contribution in [3.63, 3.8) is 0 Å². The van der Waals surface area contributed by atoms with Gasteiger partial charge in [0.05, 0.1) is 6.33 Å². The second kappa shape index (κ2) is 7.54. The summed E-state index contributed by atoms with van der Waals surface area (Å²) in [5, 5.41) is 11.3. The van der Waals surface area contributed by atoms with E-state index in [1.165, 1.54) is 17.8 Å². The van der Waals surface area contributed by atoms with Gasteiger partial charge < -0.3 is 25.1 Å². The number of fused-ring (bicyclic) bond motifs is 1. The molecular weight excluding hydrogens is 410 g/mol. The Hall–Kier alpha value is -2.83. The van der Waals surface area contributed by atoms with Crippen molar-refractivity contribution in [3.05, 3.63) is 11.5 Å². The number of nitrogens with zero attached hydrogens (tertiary/aromatic N) is 4. The van der Waals surface area contributed by atoms with Gasteiger partial charge in [0.15, 0.2) is 28.9 Å². The Kier molecular flexibility index (Phi) is 5.43. The summed E-state index contributed by atoms with van der Waals surface area (Å²) in [6, 6.07) is 0. The van der Waals surface area contributed by atoms with E-state index in [0.29, 0.717) is 0 Å². The SMILES string of the molecule is CC(=O)OC[C@H]1O[C@@H](n2cnc3c(Cl)nc(N)nc32)[C@@](O)(C(C)=O)[C@@H]1OC(C)=O. The minimum atomic E-state index is -2.34. The van der Waals surface area contributed by atoms with Crippen molar-refractivity contribution < 1.29 is 33.7 Å². The zero-order chi connectivity index (χ0) is 21.5. The summed E-state index contributed by atoms with van der Waals surface area (Å²) in [5.41, 5.74) is 3.54. The number of aromatic nitrogens is 4. The van der Waals surface area contributed by atoms with Gasteiger partial charge in [-0.1, -0.05) is 11.6 Å². The van der Waals surface area contributed by atoms with E-state index in [1.54, 1.807) is 0 Å². The predicted octanol–water partition coefficient (Wildman–Crippen LogP) is -0.226. The fourth-order valence-electron chi connectivity index (χ4n) is 3.16. The van der Waals surface area contributed by atoms with Gasteiger partial charge in [0.1, 0.15) is 18.2 Å². The maximum atomic E-state index is 12.5. The van der Waals surface area contributed by atoms with E-state index >= 15 is 0 Å². The molecular formula is C16H18ClN5O7. The number of ether oxygens (including phenoxy) is 3. The van der Waals surface area contributed by atoms with Crippen molar-refractivity contribution in [2.45, 2.75) is 44.8 Å². The summed E-state index contributed by atoms with van der Waals surface area (Å²) in [7, 11) is 0. The van der Waals surface area contributed by atoms with Crippen LogP contribution in [0.3, 0.4) is 0 Å². The number of rotatable bonds is 5. The monoisotopic (exact) mass is 427 g/mol. The Morgan fingerprint density at radius 2 is 2.00 bits per heavy atom. The first kappa shape index (κ1) is 20.9. The van der Waals surface area contributed by atoms with E-state index in [4.69, 9.17) is 31.5 Å². The lowest BCUT2D eigenvalue weighted by Crippen LogP contribution is -2.54. The highest BCUT2D eigenvalue weighted by atomic mass is 35.5. The summed E-state index contributed by atoms with van der Waals surface area (Å²) in [5.74, 6) is -2.31. The number of nitrogens with two attached hydrogens (primary N) is 1. The number of carbonyl (C=O) groups excluding carboxylic acids is 3. The molecule has 1 aliphatic heterocycles. The van der Waals surface area contributed by atoms with Gasteiger partial charge in [-0.05, 0) is 6.92 Å². The number of imidazole rings is 1. The van der Waals surface area contributed by atoms with Gasteiger partial charge in [0.25, 0.3) is 0 Å². The number of hydrogen-bond donors (Lipinski definition) is 2. The number of nitrogen functional groups attached to an aromatic ring is 1. The van der Waals surface area contributed by atoms with Crippen LogP contribution < -0.4 is 5.73 Å². The molecule has 2 aromatic heterocycles. The smallest absolute Gasteiger partial charge is 0.303 e. The van der Waals surface area contributed by atoms with Gasteiger partial charge in [-0.15, -0.1) is 0 Å². The minimum Gasteiger partial charge on any atom is -0.463 e. The van der Waals surface area contributed by atoms with Gasteiger partial charge in [0.2, 0.25) is 11.5 Å². The van der Waals surface area contributed by atoms with Crippen molar-refractivity contribution in [1.29, 1.82) is 0 Å². The molecule has 3 heterocycles. The first-order chi connectivity index (χ1) is 13.6. The molecule has 0 amide bonds. The number of hydrogen-bond acceptors (Lipinski definition) is 11. The molecule has 0 spiro atoms. The Labute approximate surface area is 168 Å². The third kappa shape index (κ3) is 3.61. The molecule has 1 saturated heterocycles. The highest BCUT2D eigenvalue weighted by molar-refractivity contribution is 6.33. The normalized spacial score (nSPS) is 26.4. The Morgan fingerprint density at radius 3 is 2.59 bits per heavy atom. The zero-order valence-corrected chi connectivity index (χ0v) is 16.4. The van der Waals surface area contributed by atoms with E-state index in [0.717, 1.165) is 13.8 Å². The fraction of sp³-hybridized carbons (Fsp3) is 0.500. The molecule has 0 aromatic carbocycles. The van der Waals surface area contributed by atoms with Crippen LogP contribution in [0.5, 0.6) is 0 Å².